The van der Waals surface area contributed by atoms with Crippen molar-refractivity contribution in [1.29, 1.82) is 0 Å². The van der Waals surface area contributed by atoms with Crippen LogP contribution in [0.2, 0.25) is 5.02 Å². The summed E-state index contributed by atoms with van der Waals surface area (Å²) < 4.78 is 0. The molecule has 72 valence electrons. The first-order chi connectivity index (χ1) is 6.07. The van der Waals surface area contributed by atoms with Gasteiger partial charge in [0.15, 0.2) is 0 Å². The van der Waals surface area contributed by atoms with Gasteiger partial charge in [-0.3, -0.25) is 0 Å². The Morgan fingerprint density at radius 2 is 2.08 bits per heavy atom. The predicted molar refractivity (Wildman–Crippen MR) is 51.2 cm³/mol. The molecule has 1 aromatic rings. The first-order valence-corrected chi connectivity index (χ1v) is 4.30. The van der Waals surface area contributed by atoms with E-state index in [1.807, 2.05) is 5.48 Å². The lowest BCUT2D eigenvalue weighted by atomic mass is 10.0. The van der Waals surface area contributed by atoms with Crippen molar-refractivity contribution < 1.29 is 10.3 Å². The summed E-state index contributed by atoms with van der Waals surface area (Å²) >= 11 is 5.91. The van der Waals surface area contributed by atoms with Crippen LogP contribution in [0.4, 0.5) is 0 Å². The van der Waals surface area contributed by atoms with Crippen LogP contribution in [-0.2, 0) is 6.54 Å². The smallest absolute Gasteiger partial charge is 0.123 e. The van der Waals surface area contributed by atoms with Crippen molar-refractivity contribution in [1.82, 2.24) is 5.48 Å². The summed E-state index contributed by atoms with van der Waals surface area (Å²) in [4.78, 5) is 0. The lowest BCUT2D eigenvalue weighted by Crippen LogP contribution is -2.08. The highest BCUT2D eigenvalue weighted by atomic mass is 35.5. The van der Waals surface area contributed by atoms with Gasteiger partial charge in [-0.25, -0.2) is 5.48 Å². The molecule has 0 spiro atoms. The van der Waals surface area contributed by atoms with E-state index in [4.69, 9.17) is 16.8 Å². The number of hydrogen-bond donors (Lipinski definition) is 3. The molecule has 3 nitrogen and oxygen atoms in total. The number of aryl methyl sites for hydroxylation is 1. The van der Waals surface area contributed by atoms with Crippen LogP contribution in [0, 0.1) is 13.8 Å². The Morgan fingerprint density at radius 1 is 1.46 bits per heavy atom. The molecule has 0 atom stereocenters. The van der Waals surface area contributed by atoms with Crippen LogP contribution in [0.25, 0.3) is 0 Å². The van der Waals surface area contributed by atoms with Gasteiger partial charge < -0.3 is 10.3 Å². The van der Waals surface area contributed by atoms with Crippen molar-refractivity contribution >= 4 is 11.6 Å². The van der Waals surface area contributed by atoms with Crippen LogP contribution < -0.4 is 5.48 Å². The number of benzene rings is 1. The zero-order chi connectivity index (χ0) is 10.0. The SMILES string of the molecule is Cc1cc(Cl)c(C)c(CNO)c1O. The zero-order valence-electron chi connectivity index (χ0n) is 7.56. The largest absolute Gasteiger partial charge is 0.507 e. The van der Waals surface area contributed by atoms with Crippen LogP contribution >= 0.6 is 11.6 Å². The van der Waals surface area contributed by atoms with Gasteiger partial charge in [-0.1, -0.05) is 11.6 Å². The normalized spacial score (nSPS) is 10.5. The summed E-state index contributed by atoms with van der Waals surface area (Å²) in [5.74, 6) is 0.184. The molecular formula is C9H12ClNO2. The van der Waals surface area contributed by atoms with E-state index in [9.17, 15) is 5.11 Å². The fourth-order valence-corrected chi connectivity index (χ4v) is 1.50. The number of aromatic hydroxyl groups is 1. The Bertz CT molecular complexity index is 300. The highest BCUT2D eigenvalue weighted by Gasteiger charge is 2.10. The minimum Gasteiger partial charge on any atom is -0.507 e. The molecule has 0 fully saturated rings. The molecule has 0 unspecified atom stereocenters. The van der Waals surface area contributed by atoms with Gasteiger partial charge in [-0.15, -0.1) is 0 Å². The molecule has 0 amide bonds. The molecule has 1 aromatic carbocycles. The van der Waals surface area contributed by atoms with Crippen LogP contribution in [0.15, 0.2) is 6.07 Å². The monoisotopic (exact) mass is 201 g/mol. The van der Waals surface area contributed by atoms with E-state index in [-0.39, 0.29) is 12.3 Å². The number of nitrogens with one attached hydrogen (secondary N) is 1. The zero-order valence-corrected chi connectivity index (χ0v) is 8.31. The minimum atomic E-state index is 0.184. The van der Waals surface area contributed by atoms with Gasteiger partial charge in [0.2, 0.25) is 0 Å². The molecule has 0 aromatic heterocycles. The van der Waals surface area contributed by atoms with Gasteiger partial charge in [0.05, 0.1) is 0 Å². The Balaban J connectivity index is 3.28. The van der Waals surface area contributed by atoms with Crippen molar-refractivity contribution in [2.24, 2.45) is 0 Å². The third-order valence-corrected chi connectivity index (χ3v) is 2.46. The second kappa shape index (κ2) is 3.96. The Morgan fingerprint density at radius 3 is 2.62 bits per heavy atom. The molecule has 13 heavy (non-hydrogen) atoms. The molecular weight excluding hydrogens is 190 g/mol. The lowest BCUT2D eigenvalue weighted by molar-refractivity contribution is 0.160. The predicted octanol–water partition coefficient (Wildman–Crippen LogP) is 2.14. The van der Waals surface area contributed by atoms with Crippen LogP contribution in [0.5, 0.6) is 5.75 Å². The van der Waals surface area contributed by atoms with Crippen LogP contribution in [-0.4, -0.2) is 10.3 Å². The number of halogens is 1. The Labute approximate surface area is 81.9 Å². The number of hydrogen-bond acceptors (Lipinski definition) is 3. The van der Waals surface area contributed by atoms with Crippen LogP contribution in [0.1, 0.15) is 16.7 Å². The number of rotatable bonds is 2. The van der Waals surface area contributed by atoms with Gasteiger partial charge in [-0.2, -0.15) is 0 Å². The first-order valence-electron chi connectivity index (χ1n) is 3.92. The maximum absolute atomic E-state index is 9.62. The Kier molecular flexibility index (Phi) is 3.14. The van der Waals surface area contributed by atoms with E-state index >= 15 is 0 Å². The fourth-order valence-electron chi connectivity index (χ4n) is 1.22. The third kappa shape index (κ3) is 1.94. The van der Waals surface area contributed by atoms with Crippen molar-refractivity contribution in [3.8, 4) is 5.75 Å². The van der Waals surface area contributed by atoms with Crippen LogP contribution in [0.3, 0.4) is 0 Å². The van der Waals surface area contributed by atoms with E-state index in [2.05, 4.69) is 0 Å². The van der Waals surface area contributed by atoms with E-state index in [0.717, 1.165) is 5.56 Å². The number of phenolic OH excluding ortho intramolecular Hbond substituents is 1. The summed E-state index contributed by atoms with van der Waals surface area (Å²) in [6.45, 7) is 3.76. The minimum absolute atomic E-state index is 0.184. The summed E-state index contributed by atoms with van der Waals surface area (Å²) in [5.41, 5.74) is 4.13. The standard InChI is InChI=1S/C9H12ClNO2/c1-5-3-8(10)6(2)7(4-11-13)9(5)12/h3,11-13H,4H2,1-2H3. The van der Waals surface area contributed by atoms with Gasteiger partial charge in [0, 0.05) is 17.1 Å². The van der Waals surface area contributed by atoms with E-state index in [1.165, 1.54) is 0 Å². The topological polar surface area (TPSA) is 52.5 Å². The van der Waals surface area contributed by atoms with Gasteiger partial charge in [0.25, 0.3) is 0 Å². The lowest BCUT2D eigenvalue weighted by Gasteiger charge is -2.11. The first kappa shape index (κ1) is 10.3. The molecule has 0 radical (unpaired) electrons. The van der Waals surface area contributed by atoms with Crippen molar-refractivity contribution in [2.75, 3.05) is 0 Å². The summed E-state index contributed by atoms with van der Waals surface area (Å²) in [7, 11) is 0. The van der Waals surface area contributed by atoms with E-state index in [0.29, 0.717) is 16.1 Å². The molecule has 0 saturated heterocycles. The molecule has 0 aliphatic carbocycles. The molecule has 0 aliphatic rings. The third-order valence-electron chi connectivity index (χ3n) is 2.07. The number of hydroxylamine groups is 1. The Hall–Kier alpha value is -0.770. The van der Waals surface area contributed by atoms with Crippen molar-refractivity contribution in [3.63, 3.8) is 0 Å². The maximum Gasteiger partial charge on any atom is 0.123 e. The van der Waals surface area contributed by atoms with Gasteiger partial charge >= 0.3 is 0 Å². The fraction of sp³-hybridized carbons (Fsp3) is 0.333. The average molecular weight is 202 g/mol. The summed E-state index contributed by atoms with van der Waals surface area (Å²) in [6.07, 6.45) is 0. The van der Waals surface area contributed by atoms with E-state index < -0.39 is 0 Å². The van der Waals surface area contributed by atoms with Gasteiger partial charge in [0.1, 0.15) is 5.75 Å². The second-order valence-corrected chi connectivity index (χ2v) is 3.37. The summed E-state index contributed by atoms with van der Waals surface area (Å²) in [6, 6.07) is 1.70. The highest BCUT2D eigenvalue weighted by Crippen LogP contribution is 2.30. The van der Waals surface area contributed by atoms with E-state index in [1.54, 1.807) is 19.9 Å². The van der Waals surface area contributed by atoms with Gasteiger partial charge in [-0.05, 0) is 31.0 Å². The molecule has 0 heterocycles. The molecule has 0 saturated carbocycles. The highest BCUT2D eigenvalue weighted by molar-refractivity contribution is 6.31. The average Bonchev–Trinajstić information content (AvgIpc) is 2.09. The molecule has 0 aliphatic heterocycles. The summed E-state index contributed by atoms with van der Waals surface area (Å²) in [5, 5.41) is 18.8. The van der Waals surface area contributed by atoms with Crippen molar-refractivity contribution in [3.05, 3.63) is 27.8 Å². The quantitative estimate of drug-likeness (QED) is 0.643. The molecule has 4 heteroatoms. The van der Waals surface area contributed by atoms with Crippen molar-refractivity contribution in [2.45, 2.75) is 20.4 Å². The number of phenols is 1. The molecule has 0 bridgehead atoms. The molecule has 3 N–H and O–H groups in total. The molecule has 1 rings (SSSR count). The second-order valence-electron chi connectivity index (χ2n) is 2.96. The maximum atomic E-state index is 9.62.